The van der Waals surface area contributed by atoms with E-state index in [0.29, 0.717) is 11.3 Å². The number of halogens is 1. The van der Waals surface area contributed by atoms with Crippen LogP contribution in [0.1, 0.15) is 46.1 Å². The van der Waals surface area contributed by atoms with Crippen molar-refractivity contribution in [3.8, 4) is 0 Å². The van der Waals surface area contributed by atoms with Crippen molar-refractivity contribution in [3.05, 3.63) is 58.8 Å². The number of Topliss-reactive ketones (excluding diaryl/α,β-unsaturated/α-hetero) is 2. The van der Waals surface area contributed by atoms with E-state index in [9.17, 15) is 23.6 Å². The first-order chi connectivity index (χ1) is 13.2. The number of benzene rings is 1. The molecule has 1 unspecified atom stereocenters. The van der Waals surface area contributed by atoms with E-state index in [1.807, 2.05) is 0 Å². The van der Waals surface area contributed by atoms with Crippen molar-refractivity contribution in [2.45, 2.75) is 26.3 Å². The van der Waals surface area contributed by atoms with Crippen molar-refractivity contribution in [3.63, 3.8) is 0 Å². The number of nitrogens with two attached hydrogens (primary N) is 1. The van der Waals surface area contributed by atoms with Gasteiger partial charge >= 0.3 is 0 Å². The van der Waals surface area contributed by atoms with Gasteiger partial charge in [-0.2, -0.15) is 0 Å². The van der Waals surface area contributed by atoms with Crippen LogP contribution in [0.25, 0.3) is 0 Å². The number of carbonyl (C=O) groups is 4. The van der Waals surface area contributed by atoms with Crippen LogP contribution < -0.4 is 5.73 Å². The summed E-state index contributed by atoms with van der Waals surface area (Å²) in [6.07, 6.45) is 0.113. The molecular weight excluding hydrogens is 367 g/mol. The Hall–Kier alpha value is -3.29. The monoisotopic (exact) mass is 386 g/mol. The lowest BCUT2D eigenvalue weighted by Gasteiger charge is -2.19. The Morgan fingerprint density at radius 1 is 1.25 bits per heavy atom. The minimum Gasteiger partial charge on any atom is -0.458 e. The van der Waals surface area contributed by atoms with Crippen LogP contribution in [0.3, 0.4) is 0 Å². The van der Waals surface area contributed by atoms with Crippen molar-refractivity contribution in [2.75, 3.05) is 6.54 Å². The molecule has 1 aliphatic rings. The summed E-state index contributed by atoms with van der Waals surface area (Å²) < 4.78 is 18.9. The van der Waals surface area contributed by atoms with Crippen LogP contribution in [-0.4, -0.2) is 40.9 Å². The molecule has 2 aromatic rings. The second kappa shape index (κ2) is 7.38. The SMILES string of the molecule is CC(C)N1CC(C(=O)c2ccc(Cc3ccc(F)cc3C(N)=O)o2)C(=O)C1=O. The Bertz CT molecular complexity index is 979. The molecular formula is C20H19FN2O5. The maximum Gasteiger partial charge on any atom is 0.291 e. The first-order valence-corrected chi connectivity index (χ1v) is 8.75. The smallest absolute Gasteiger partial charge is 0.291 e. The Morgan fingerprint density at radius 2 is 1.96 bits per heavy atom. The molecule has 0 aliphatic carbocycles. The van der Waals surface area contributed by atoms with Gasteiger partial charge in [0, 0.05) is 24.6 Å². The fourth-order valence-electron chi connectivity index (χ4n) is 3.20. The Labute approximate surface area is 160 Å². The number of hydrogen-bond donors (Lipinski definition) is 1. The lowest BCUT2D eigenvalue weighted by Crippen LogP contribution is -2.33. The summed E-state index contributed by atoms with van der Waals surface area (Å²) in [5, 5.41) is 0. The first kappa shape index (κ1) is 19.5. The van der Waals surface area contributed by atoms with E-state index in [4.69, 9.17) is 10.2 Å². The Balaban J connectivity index is 1.80. The summed E-state index contributed by atoms with van der Waals surface area (Å²) in [6, 6.07) is 6.41. The van der Waals surface area contributed by atoms with Crippen LogP contribution in [-0.2, 0) is 16.0 Å². The van der Waals surface area contributed by atoms with Crippen LogP contribution in [0.2, 0.25) is 0 Å². The first-order valence-electron chi connectivity index (χ1n) is 8.75. The molecule has 1 aromatic carbocycles. The average molecular weight is 386 g/mol. The Kier molecular flexibility index (Phi) is 5.13. The van der Waals surface area contributed by atoms with Crippen LogP contribution in [0.5, 0.6) is 0 Å². The fourth-order valence-corrected chi connectivity index (χ4v) is 3.20. The van der Waals surface area contributed by atoms with Crippen LogP contribution in [0.15, 0.2) is 34.7 Å². The second-order valence-corrected chi connectivity index (χ2v) is 6.94. The molecule has 0 spiro atoms. The zero-order chi connectivity index (χ0) is 20.6. The highest BCUT2D eigenvalue weighted by Gasteiger charge is 2.44. The van der Waals surface area contributed by atoms with Crippen molar-refractivity contribution in [2.24, 2.45) is 11.7 Å². The lowest BCUT2D eigenvalue weighted by atomic mass is 10.0. The van der Waals surface area contributed by atoms with Gasteiger partial charge in [-0.05, 0) is 43.7 Å². The molecule has 1 aliphatic heterocycles. The minimum absolute atomic E-state index is 0.0217. The van der Waals surface area contributed by atoms with E-state index < -0.39 is 35.1 Å². The third kappa shape index (κ3) is 3.58. The quantitative estimate of drug-likeness (QED) is 0.462. The van der Waals surface area contributed by atoms with Gasteiger partial charge in [-0.15, -0.1) is 0 Å². The number of likely N-dealkylation sites (tertiary alicyclic amines) is 1. The predicted molar refractivity (Wildman–Crippen MR) is 96.1 cm³/mol. The number of furan rings is 1. The molecule has 0 radical (unpaired) electrons. The second-order valence-electron chi connectivity index (χ2n) is 6.94. The van der Waals surface area contributed by atoms with Gasteiger partial charge in [0.1, 0.15) is 17.5 Å². The summed E-state index contributed by atoms with van der Waals surface area (Å²) in [4.78, 5) is 49.6. The summed E-state index contributed by atoms with van der Waals surface area (Å²) in [7, 11) is 0. The number of amides is 2. The molecule has 1 fully saturated rings. The number of hydrogen-bond acceptors (Lipinski definition) is 5. The highest BCUT2D eigenvalue weighted by molar-refractivity contribution is 6.43. The number of carbonyl (C=O) groups excluding carboxylic acids is 4. The van der Waals surface area contributed by atoms with Gasteiger partial charge in [0.25, 0.3) is 5.91 Å². The van der Waals surface area contributed by atoms with Gasteiger partial charge in [-0.3, -0.25) is 19.2 Å². The summed E-state index contributed by atoms with van der Waals surface area (Å²) in [5.74, 6) is -4.15. The van der Waals surface area contributed by atoms with Gasteiger partial charge < -0.3 is 15.1 Å². The van der Waals surface area contributed by atoms with E-state index in [2.05, 4.69) is 0 Å². The van der Waals surface area contributed by atoms with Gasteiger partial charge in [-0.25, -0.2) is 4.39 Å². The van der Waals surface area contributed by atoms with E-state index in [1.54, 1.807) is 13.8 Å². The highest BCUT2D eigenvalue weighted by atomic mass is 19.1. The van der Waals surface area contributed by atoms with E-state index in [1.165, 1.54) is 29.2 Å². The summed E-state index contributed by atoms with van der Waals surface area (Å²) in [6.45, 7) is 3.55. The highest BCUT2D eigenvalue weighted by Crippen LogP contribution is 2.24. The topological polar surface area (TPSA) is 111 Å². The average Bonchev–Trinajstić information content (AvgIpc) is 3.21. The largest absolute Gasteiger partial charge is 0.458 e. The molecule has 2 amide bonds. The van der Waals surface area contributed by atoms with E-state index >= 15 is 0 Å². The molecule has 3 rings (SSSR count). The molecule has 1 atom stereocenters. The maximum atomic E-state index is 13.3. The standard InChI is InChI=1S/C20H19FN2O5/c1-10(2)23-9-15(18(25)20(23)27)17(24)16-6-5-13(28-16)7-11-3-4-12(21)8-14(11)19(22)26/h3-6,8,10,15H,7,9H2,1-2H3,(H2,22,26). The molecule has 8 heteroatoms. The molecule has 1 aromatic heterocycles. The Morgan fingerprint density at radius 3 is 2.57 bits per heavy atom. The minimum atomic E-state index is -1.10. The van der Waals surface area contributed by atoms with Gasteiger partial charge in [0.2, 0.25) is 17.5 Å². The third-order valence-corrected chi connectivity index (χ3v) is 4.71. The number of primary amides is 1. The summed E-state index contributed by atoms with van der Waals surface area (Å²) in [5.41, 5.74) is 5.74. The van der Waals surface area contributed by atoms with Gasteiger partial charge in [-0.1, -0.05) is 6.07 Å². The lowest BCUT2D eigenvalue weighted by molar-refractivity contribution is -0.141. The van der Waals surface area contributed by atoms with E-state index in [0.717, 1.165) is 6.07 Å². The van der Waals surface area contributed by atoms with Crippen LogP contribution in [0.4, 0.5) is 4.39 Å². The number of ketones is 2. The molecule has 0 saturated carbocycles. The third-order valence-electron chi connectivity index (χ3n) is 4.71. The molecule has 0 bridgehead atoms. The molecule has 28 heavy (non-hydrogen) atoms. The molecule has 2 heterocycles. The normalized spacial score (nSPS) is 16.9. The summed E-state index contributed by atoms with van der Waals surface area (Å²) >= 11 is 0. The zero-order valence-corrected chi connectivity index (χ0v) is 15.4. The molecule has 7 nitrogen and oxygen atoms in total. The zero-order valence-electron chi connectivity index (χ0n) is 15.4. The number of rotatable bonds is 6. The fraction of sp³-hybridized carbons (Fsp3) is 0.300. The van der Waals surface area contributed by atoms with Crippen LogP contribution in [0, 0.1) is 11.7 Å². The van der Waals surface area contributed by atoms with Crippen molar-refractivity contribution in [1.29, 1.82) is 0 Å². The van der Waals surface area contributed by atoms with Crippen molar-refractivity contribution >= 4 is 23.4 Å². The van der Waals surface area contributed by atoms with Gasteiger partial charge in [0.15, 0.2) is 5.76 Å². The number of nitrogens with zero attached hydrogens (tertiary/aromatic N) is 1. The molecule has 1 saturated heterocycles. The molecule has 2 N–H and O–H groups in total. The van der Waals surface area contributed by atoms with Crippen molar-refractivity contribution in [1.82, 2.24) is 4.90 Å². The van der Waals surface area contributed by atoms with Crippen LogP contribution >= 0.6 is 0 Å². The van der Waals surface area contributed by atoms with Gasteiger partial charge in [0.05, 0.1) is 0 Å². The van der Waals surface area contributed by atoms with Crippen molar-refractivity contribution < 1.29 is 28.0 Å². The molecule has 146 valence electrons. The predicted octanol–water partition coefficient (Wildman–Crippen LogP) is 1.73. The maximum absolute atomic E-state index is 13.3. The van der Waals surface area contributed by atoms with E-state index in [-0.39, 0.29) is 30.3 Å².